The molecule has 5 nitrogen and oxygen atoms in total. The number of thioether (sulfide) groups is 1. The Kier molecular flexibility index (Phi) is 5.64. The lowest BCUT2D eigenvalue weighted by atomic mass is 10.2. The number of aliphatic imine (C=N–C) groups is 1. The van der Waals surface area contributed by atoms with Crippen molar-refractivity contribution in [3.05, 3.63) is 58.5 Å². The lowest BCUT2D eigenvalue weighted by Gasteiger charge is -2.06. The van der Waals surface area contributed by atoms with Gasteiger partial charge >= 0.3 is 6.18 Å². The second kappa shape index (κ2) is 7.97. The van der Waals surface area contributed by atoms with Gasteiger partial charge in [-0.05, 0) is 60.7 Å². The molecule has 0 saturated carbocycles. The average molecular weight is 408 g/mol. The molecule has 2 aromatic rings. The molecule has 1 heterocycles. The third-order valence-corrected chi connectivity index (χ3v) is 4.55. The summed E-state index contributed by atoms with van der Waals surface area (Å²) in [7, 11) is 0. The van der Waals surface area contributed by atoms with Gasteiger partial charge in [0.05, 0.1) is 22.8 Å². The van der Waals surface area contributed by atoms with Crippen molar-refractivity contribution in [1.29, 1.82) is 0 Å². The van der Waals surface area contributed by atoms with Gasteiger partial charge in [0.1, 0.15) is 0 Å². The normalized spacial score (nSPS) is 17.2. The average Bonchev–Trinajstić information content (AvgIpc) is 2.96. The highest BCUT2D eigenvalue weighted by Crippen LogP contribution is 2.34. The Morgan fingerprint density at radius 2 is 2.04 bits per heavy atom. The van der Waals surface area contributed by atoms with E-state index in [0.717, 1.165) is 23.9 Å². The van der Waals surface area contributed by atoms with Gasteiger partial charge in [-0.3, -0.25) is 4.79 Å². The summed E-state index contributed by atoms with van der Waals surface area (Å²) < 4.78 is 43.7. The number of amides is 1. The molecule has 0 aromatic heterocycles. The molecule has 1 saturated heterocycles. The monoisotopic (exact) mass is 408 g/mol. The first-order valence-electron chi connectivity index (χ1n) is 8.19. The van der Waals surface area contributed by atoms with Crippen molar-refractivity contribution in [1.82, 2.24) is 5.32 Å². The van der Waals surface area contributed by atoms with Crippen LogP contribution in [0, 0.1) is 0 Å². The molecule has 1 amide bonds. The van der Waals surface area contributed by atoms with Crippen LogP contribution in [-0.4, -0.2) is 22.8 Å². The highest BCUT2D eigenvalue weighted by Gasteiger charge is 2.30. The van der Waals surface area contributed by atoms with E-state index in [1.54, 1.807) is 25.1 Å². The third-order valence-electron chi connectivity index (χ3n) is 3.64. The highest BCUT2D eigenvalue weighted by molar-refractivity contribution is 8.18. The van der Waals surface area contributed by atoms with Crippen LogP contribution in [0.25, 0.3) is 6.08 Å². The number of amidine groups is 1. The highest BCUT2D eigenvalue weighted by atomic mass is 32.2. The summed E-state index contributed by atoms with van der Waals surface area (Å²) in [6.45, 7) is 2.15. The summed E-state index contributed by atoms with van der Waals surface area (Å²) in [4.78, 5) is 16.5. The minimum absolute atomic E-state index is 0.0145. The minimum atomic E-state index is -4.47. The number of nitrogens with zero attached hydrogens (tertiary/aromatic N) is 1. The van der Waals surface area contributed by atoms with Crippen molar-refractivity contribution in [3.63, 3.8) is 0 Å². The zero-order chi connectivity index (χ0) is 20.3. The van der Waals surface area contributed by atoms with Crippen LogP contribution in [-0.2, 0) is 11.0 Å². The van der Waals surface area contributed by atoms with E-state index in [1.807, 2.05) is 0 Å². The summed E-state index contributed by atoms with van der Waals surface area (Å²) >= 11 is 1.01. The maximum Gasteiger partial charge on any atom is 0.416 e. The van der Waals surface area contributed by atoms with Crippen molar-refractivity contribution in [2.24, 2.45) is 4.99 Å². The Morgan fingerprint density at radius 3 is 2.75 bits per heavy atom. The number of hydrogen-bond acceptors (Lipinski definition) is 5. The molecule has 0 aliphatic carbocycles. The van der Waals surface area contributed by atoms with Crippen molar-refractivity contribution in [3.8, 4) is 11.5 Å². The largest absolute Gasteiger partial charge is 0.504 e. The molecular weight excluding hydrogens is 393 g/mol. The summed E-state index contributed by atoms with van der Waals surface area (Å²) in [5, 5.41) is 12.4. The van der Waals surface area contributed by atoms with Crippen LogP contribution in [0.2, 0.25) is 0 Å². The molecule has 2 N–H and O–H groups in total. The molecule has 3 rings (SSSR count). The van der Waals surface area contributed by atoms with Crippen LogP contribution in [0.4, 0.5) is 18.9 Å². The topological polar surface area (TPSA) is 70.9 Å². The van der Waals surface area contributed by atoms with Gasteiger partial charge in [0, 0.05) is 0 Å². The number of nitrogens with one attached hydrogen (secondary N) is 1. The Morgan fingerprint density at radius 1 is 1.25 bits per heavy atom. The Hall–Kier alpha value is -2.94. The first-order chi connectivity index (χ1) is 13.3. The Labute approximate surface area is 162 Å². The number of rotatable bonds is 4. The number of phenols is 1. The van der Waals surface area contributed by atoms with Crippen molar-refractivity contribution < 1.29 is 27.8 Å². The quantitative estimate of drug-likeness (QED) is 0.720. The van der Waals surface area contributed by atoms with E-state index in [1.165, 1.54) is 18.2 Å². The van der Waals surface area contributed by atoms with Gasteiger partial charge in [-0.15, -0.1) is 0 Å². The van der Waals surface area contributed by atoms with Gasteiger partial charge < -0.3 is 15.2 Å². The van der Waals surface area contributed by atoms with E-state index in [2.05, 4.69) is 10.3 Å². The van der Waals surface area contributed by atoms with E-state index in [0.29, 0.717) is 17.1 Å². The maximum absolute atomic E-state index is 12.8. The molecule has 1 aliphatic heterocycles. The maximum atomic E-state index is 12.8. The molecule has 0 bridgehead atoms. The van der Waals surface area contributed by atoms with Crippen molar-refractivity contribution in [2.75, 3.05) is 6.61 Å². The second-order valence-electron chi connectivity index (χ2n) is 5.69. The summed E-state index contributed by atoms with van der Waals surface area (Å²) in [5.74, 6) is -0.140. The molecule has 28 heavy (non-hydrogen) atoms. The van der Waals surface area contributed by atoms with Crippen LogP contribution in [0.3, 0.4) is 0 Å². The van der Waals surface area contributed by atoms with E-state index < -0.39 is 17.6 Å². The number of carbonyl (C=O) groups excluding carboxylic acids is 1. The summed E-state index contributed by atoms with van der Waals surface area (Å²) in [6, 6.07) is 9.19. The SMILES string of the molecule is CCOc1cc(C=C2SC(=Nc3cccc(C(F)(F)F)c3)NC2=O)ccc1O. The van der Waals surface area contributed by atoms with Crippen LogP contribution in [0.15, 0.2) is 52.4 Å². The van der Waals surface area contributed by atoms with Crippen LogP contribution >= 0.6 is 11.8 Å². The van der Waals surface area contributed by atoms with E-state index in [4.69, 9.17) is 4.74 Å². The molecule has 0 radical (unpaired) electrons. The number of aromatic hydroxyl groups is 1. The van der Waals surface area contributed by atoms with E-state index >= 15 is 0 Å². The molecule has 2 aromatic carbocycles. The second-order valence-corrected chi connectivity index (χ2v) is 6.72. The molecule has 9 heteroatoms. The van der Waals surface area contributed by atoms with E-state index in [9.17, 15) is 23.1 Å². The Bertz CT molecular complexity index is 971. The number of carbonyl (C=O) groups is 1. The zero-order valence-corrected chi connectivity index (χ0v) is 15.4. The van der Waals surface area contributed by atoms with Gasteiger partial charge in [-0.25, -0.2) is 4.99 Å². The first kappa shape index (κ1) is 19.8. The predicted octanol–water partition coefficient (Wildman–Crippen LogP) is 4.70. The van der Waals surface area contributed by atoms with Gasteiger partial charge in [0.15, 0.2) is 16.7 Å². The molecule has 0 unspecified atom stereocenters. The fraction of sp³-hybridized carbons (Fsp3) is 0.158. The number of alkyl halides is 3. The molecule has 146 valence electrons. The van der Waals surface area contributed by atoms with Crippen LogP contribution in [0.1, 0.15) is 18.1 Å². The van der Waals surface area contributed by atoms with Gasteiger partial charge in [-0.2, -0.15) is 13.2 Å². The summed E-state index contributed by atoms with van der Waals surface area (Å²) in [5.41, 5.74) is -0.103. The number of phenolic OH excluding ortho intramolecular Hbond substituents is 1. The van der Waals surface area contributed by atoms with Gasteiger partial charge in [-0.1, -0.05) is 12.1 Å². The molecule has 0 spiro atoms. The van der Waals surface area contributed by atoms with Crippen molar-refractivity contribution in [2.45, 2.75) is 13.1 Å². The van der Waals surface area contributed by atoms with Crippen LogP contribution in [0.5, 0.6) is 11.5 Å². The van der Waals surface area contributed by atoms with Gasteiger partial charge in [0.25, 0.3) is 5.91 Å². The number of benzene rings is 2. The molecule has 1 aliphatic rings. The standard InChI is InChI=1S/C19H15F3N2O3S/c1-2-27-15-8-11(6-7-14(15)25)9-16-17(26)24-18(28-16)23-13-5-3-4-12(10-13)19(20,21)22/h3-10,25H,2H2,1H3,(H,23,24,26). The number of hydrogen-bond donors (Lipinski definition) is 2. The van der Waals surface area contributed by atoms with Crippen LogP contribution < -0.4 is 10.1 Å². The van der Waals surface area contributed by atoms with Crippen molar-refractivity contribution >= 4 is 34.6 Å². The minimum Gasteiger partial charge on any atom is -0.504 e. The number of ether oxygens (including phenoxy) is 1. The van der Waals surface area contributed by atoms with Gasteiger partial charge in [0.2, 0.25) is 0 Å². The first-order valence-corrected chi connectivity index (χ1v) is 9.00. The zero-order valence-electron chi connectivity index (χ0n) is 14.6. The molecule has 1 fully saturated rings. The fourth-order valence-electron chi connectivity index (χ4n) is 2.39. The fourth-order valence-corrected chi connectivity index (χ4v) is 3.23. The molecule has 0 atom stereocenters. The smallest absolute Gasteiger partial charge is 0.416 e. The third kappa shape index (κ3) is 4.66. The number of halogens is 3. The predicted molar refractivity (Wildman–Crippen MR) is 102 cm³/mol. The lowest BCUT2D eigenvalue weighted by molar-refractivity contribution is -0.137. The lowest BCUT2D eigenvalue weighted by Crippen LogP contribution is -2.19. The van der Waals surface area contributed by atoms with E-state index in [-0.39, 0.29) is 22.4 Å². The molecular formula is C19H15F3N2O3S. The summed E-state index contributed by atoms with van der Waals surface area (Å²) in [6.07, 6.45) is -2.89. The Balaban J connectivity index is 1.83.